The monoisotopic (exact) mass is 299 g/mol. The van der Waals surface area contributed by atoms with Crippen LogP contribution in [0.3, 0.4) is 0 Å². The number of rotatable bonds is 7. The normalized spacial score (nSPS) is 10.1. The molecule has 1 rings (SSSR count). The van der Waals surface area contributed by atoms with Gasteiger partial charge in [0.1, 0.15) is 6.61 Å². The maximum absolute atomic E-state index is 5.58. The number of halogens is 1. The van der Waals surface area contributed by atoms with Gasteiger partial charge in [-0.2, -0.15) is 0 Å². The Kier molecular flexibility index (Phi) is 6.08. The summed E-state index contributed by atoms with van der Waals surface area (Å²) < 4.78 is 12.0. The van der Waals surface area contributed by atoms with Crippen molar-refractivity contribution in [3.05, 3.63) is 34.8 Å². The van der Waals surface area contributed by atoms with Crippen LogP contribution in [0, 0.1) is 0 Å². The first-order valence-electron chi connectivity index (χ1n) is 5.61. The van der Waals surface area contributed by atoms with Crippen LogP contribution in [-0.2, 0) is 6.42 Å². The number of nitrogens with two attached hydrogens (primary N) is 1. The highest BCUT2D eigenvalue weighted by molar-refractivity contribution is 9.10. The molecule has 0 heterocycles. The molecular formula is C13H18BrNO2. The smallest absolute Gasteiger partial charge is 0.175 e. The van der Waals surface area contributed by atoms with Crippen LogP contribution in [0.25, 0.3) is 0 Å². The van der Waals surface area contributed by atoms with Crippen molar-refractivity contribution in [3.63, 3.8) is 0 Å². The third kappa shape index (κ3) is 4.06. The van der Waals surface area contributed by atoms with Crippen molar-refractivity contribution >= 4 is 15.9 Å². The molecule has 94 valence electrons. The molecule has 0 atom stereocenters. The van der Waals surface area contributed by atoms with E-state index in [4.69, 9.17) is 15.2 Å². The maximum Gasteiger partial charge on any atom is 0.175 e. The van der Waals surface area contributed by atoms with E-state index in [1.165, 1.54) is 0 Å². The van der Waals surface area contributed by atoms with Crippen LogP contribution >= 0.6 is 15.9 Å². The first-order valence-corrected chi connectivity index (χ1v) is 6.41. The molecule has 0 bridgehead atoms. The van der Waals surface area contributed by atoms with E-state index in [0.29, 0.717) is 25.5 Å². The van der Waals surface area contributed by atoms with Gasteiger partial charge in [-0.1, -0.05) is 12.7 Å². The van der Waals surface area contributed by atoms with Gasteiger partial charge in [-0.3, -0.25) is 0 Å². The molecule has 3 nitrogen and oxygen atoms in total. The van der Waals surface area contributed by atoms with Gasteiger partial charge in [0.2, 0.25) is 0 Å². The van der Waals surface area contributed by atoms with Crippen molar-refractivity contribution in [1.29, 1.82) is 0 Å². The van der Waals surface area contributed by atoms with Gasteiger partial charge in [0.15, 0.2) is 11.5 Å². The summed E-state index contributed by atoms with van der Waals surface area (Å²) >= 11 is 3.49. The molecule has 0 spiro atoms. The number of hydrogen-bond acceptors (Lipinski definition) is 3. The van der Waals surface area contributed by atoms with Crippen LogP contribution in [0.2, 0.25) is 0 Å². The molecule has 0 aromatic heterocycles. The highest BCUT2D eigenvalue weighted by Gasteiger charge is 2.11. The molecule has 2 N–H and O–H groups in total. The van der Waals surface area contributed by atoms with Crippen LogP contribution in [0.1, 0.15) is 12.5 Å². The molecule has 17 heavy (non-hydrogen) atoms. The molecule has 1 aromatic rings. The molecule has 4 heteroatoms. The van der Waals surface area contributed by atoms with E-state index in [2.05, 4.69) is 22.5 Å². The zero-order chi connectivity index (χ0) is 12.7. The van der Waals surface area contributed by atoms with Crippen LogP contribution in [0.5, 0.6) is 11.5 Å². The SMILES string of the molecule is C=CCOc1c(Br)cc(CCN)cc1OCC. The van der Waals surface area contributed by atoms with E-state index in [9.17, 15) is 0 Å². The summed E-state index contributed by atoms with van der Waals surface area (Å²) in [6.07, 6.45) is 2.52. The lowest BCUT2D eigenvalue weighted by molar-refractivity contribution is 0.295. The summed E-state index contributed by atoms with van der Waals surface area (Å²) in [6.45, 7) is 7.25. The van der Waals surface area contributed by atoms with E-state index in [-0.39, 0.29) is 0 Å². The quantitative estimate of drug-likeness (QED) is 0.787. The fourth-order valence-electron chi connectivity index (χ4n) is 1.48. The molecule has 0 saturated carbocycles. The Bertz CT molecular complexity index is 380. The van der Waals surface area contributed by atoms with Gasteiger partial charge < -0.3 is 15.2 Å². The van der Waals surface area contributed by atoms with Crippen LogP contribution in [0.4, 0.5) is 0 Å². The fraction of sp³-hybridized carbons (Fsp3) is 0.385. The Hall–Kier alpha value is -1.00. The second-order valence-corrected chi connectivity index (χ2v) is 4.33. The second-order valence-electron chi connectivity index (χ2n) is 3.48. The van der Waals surface area contributed by atoms with E-state index in [1.54, 1.807) is 6.08 Å². The minimum atomic E-state index is 0.453. The molecule has 0 aliphatic rings. The molecule has 0 amide bonds. The summed E-state index contributed by atoms with van der Waals surface area (Å²) in [4.78, 5) is 0. The summed E-state index contributed by atoms with van der Waals surface area (Å²) in [5.74, 6) is 1.46. The topological polar surface area (TPSA) is 44.5 Å². The number of hydrogen-bond donors (Lipinski definition) is 1. The van der Waals surface area contributed by atoms with Crippen molar-refractivity contribution in [3.8, 4) is 11.5 Å². The minimum absolute atomic E-state index is 0.453. The van der Waals surface area contributed by atoms with E-state index < -0.39 is 0 Å². The summed E-state index contributed by atoms with van der Waals surface area (Å²) in [6, 6.07) is 3.98. The predicted molar refractivity (Wildman–Crippen MR) is 73.8 cm³/mol. The predicted octanol–water partition coefficient (Wildman–Crippen LogP) is 2.91. The number of ether oxygens (including phenoxy) is 2. The van der Waals surface area contributed by atoms with Gasteiger partial charge >= 0.3 is 0 Å². The molecule has 0 radical (unpaired) electrons. The molecule has 0 fully saturated rings. The Labute approximate surface area is 111 Å². The van der Waals surface area contributed by atoms with Crippen LogP contribution in [0.15, 0.2) is 29.3 Å². The molecule has 0 aliphatic carbocycles. The molecule has 0 saturated heterocycles. The maximum atomic E-state index is 5.58. The molecule has 0 unspecified atom stereocenters. The lowest BCUT2D eigenvalue weighted by atomic mass is 10.1. The van der Waals surface area contributed by atoms with Gasteiger partial charge in [-0.05, 0) is 53.5 Å². The molecule has 1 aromatic carbocycles. The number of benzene rings is 1. The first kappa shape index (κ1) is 14.1. The Balaban J connectivity index is 3.03. The highest BCUT2D eigenvalue weighted by Crippen LogP contribution is 2.37. The van der Waals surface area contributed by atoms with Crippen molar-refractivity contribution in [1.82, 2.24) is 0 Å². The van der Waals surface area contributed by atoms with Crippen molar-refractivity contribution in [2.45, 2.75) is 13.3 Å². The average molecular weight is 300 g/mol. The summed E-state index contributed by atoms with van der Waals surface area (Å²) in [7, 11) is 0. The molecular weight excluding hydrogens is 282 g/mol. The third-order valence-electron chi connectivity index (χ3n) is 2.15. The van der Waals surface area contributed by atoms with Crippen molar-refractivity contribution in [2.75, 3.05) is 19.8 Å². The van der Waals surface area contributed by atoms with E-state index in [1.807, 2.05) is 19.1 Å². The van der Waals surface area contributed by atoms with Crippen molar-refractivity contribution in [2.24, 2.45) is 5.73 Å². The summed E-state index contributed by atoms with van der Waals surface area (Å²) in [5, 5.41) is 0. The Morgan fingerprint density at radius 1 is 1.41 bits per heavy atom. The lowest BCUT2D eigenvalue weighted by Crippen LogP contribution is -2.05. The first-order chi connectivity index (χ1) is 8.22. The van der Waals surface area contributed by atoms with E-state index >= 15 is 0 Å². The summed E-state index contributed by atoms with van der Waals surface area (Å²) in [5.41, 5.74) is 6.69. The van der Waals surface area contributed by atoms with Gasteiger partial charge in [0.25, 0.3) is 0 Å². The van der Waals surface area contributed by atoms with Crippen LogP contribution < -0.4 is 15.2 Å². The minimum Gasteiger partial charge on any atom is -0.490 e. The van der Waals surface area contributed by atoms with Crippen LogP contribution in [-0.4, -0.2) is 19.8 Å². The standard InChI is InChI=1S/C13H18BrNO2/c1-3-7-17-13-11(14)8-10(5-6-15)9-12(13)16-4-2/h3,8-9H,1,4-7,15H2,2H3. The zero-order valence-corrected chi connectivity index (χ0v) is 11.6. The largest absolute Gasteiger partial charge is 0.490 e. The van der Waals surface area contributed by atoms with Gasteiger partial charge in [-0.25, -0.2) is 0 Å². The second kappa shape index (κ2) is 7.35. The highest BCUT2D eigenvalue weighted by atomic mass is 79.9. The Morgan fingerprint density at radius 3 is 2.76 bits per heavy atom. The van der Waals surface area contributed by atoms with Gasteiger partial charge in [-0.15, -0.1) is 0 Å². The Morgan fingerprint density at radius 2 is 2.18 bits per heavy atom. The van der Waals surface area contributed by atoms with Gasteiger partial charge in [0.05, 0.1) is 11.1 Å². The average Bonchev–Trinajstić information content (AvgIpc) is 2.29. The van der Waals surface area contributed by atoms with Crippen molar-refractivity contribution < 1.29 is 9.47 Å². The molecule has 0 aliphatic heterocycles. The lowest BCUT2D eigenvalue weighted by Gasteiger charge is -2.14. The third-order valence-corrected chi connectivity index (χ3v) is 2.74. The fourth-order valence-corrected chi connectivity index (χ4v) is 2.08. The van der Waals surface area contributed by atoms with E-state index in [0.717, 1.165) is 22.2 Å². The van der Waals surface area contributed by atoms with Gasteiger partial charge in [0, 0.05) is 0 Å². The zero-order valence-electron chi connectivity index (χ0n) is 10.0.